The van der Waals surface area contributed by atoms with Crippen LogP contribution in [0.5, 0.6) is 0 Å². The zero-order chi connectivity index (χ0) is 13.1. The Hall–Kier alpha value is -0.610. The molecule has 0 saturated carbocycles. The molecule has 0 aromatic rings. The van der Waals surface area contributed by atoms with Crippen LogP contribution in [0, 0.1) is 17.8 Å². The monoisotopic (exact) mass is 253 g/mol. The number of nitrogens with one attached hydrogen (secondary N) is 1. The molecule has 0 aliphatic carbocycles. The van der Waals surface area contributed by atoms with E-state index in [1.54, 1.807) is 0 Å². The van der Waals surface area contributed by atoms with Crippen molar-refractivity contribution in [1.82, 2.24) is 15.1 Å². The highest BCUT2D eigenvalue weighted by Gasteiger charge is 2.29. The smallest absolute Gasteiger partial charge is 0.226 e. The number of rotatable bonds is 3. The lowest BCUT2D eigenvalue weighted by atomic mass is 9.90. The minimum atomic E-state index is 0.192. The third-order valence-corrected chi connectivity index (χ3v) is 4.32. The van der Waals surface area contributed by atoms with Gasteiger partial charge in [0, 0.05) is 26.7 Å². The summed E-state index contributed by atoms with van der Waals surface area (Å²) in [5, 5.41) is 3.37. The Morgan fingerprint density at radius 1 is 1.44 bits per heavy atom. The molecule has 0 bridgehead atoms. The average Bonchev–Trinajstić information content (AvgIpc) is 2.73. The molecule has 0 radical (unpaired) electrons. The molecular weight excluding hydrogens is 226 g/mol. The number of carbonyl (C=O) groups is 1. The van der Waals surface area contributed by atoms with Crippen LogP contribution in [0.15, 0.2) is 0 Å². The van der Waals surface area contributed by atoms with Gasteiger partial charge in [0.15, 0.2) is 0 Å². The van der Waals surface area contributed by atoms with E-state index in [2.05, 4.69) is 24.2 Å². The summed E-state index contributed by atoms with van der Waals surface area (Å²) >= 11 is 0. The Morgan fingerprint density at radius 3 is 2.83 bits per heavy atom. The van der Waals surface area contributed by atoms with Crippen molar-refractivity contribution in [3.05, 3.63) is 0 Å². The van der Waals surface area contributed by atoms with Gasteiger partial charge >= 0.3 is 0 Å². The van der Waals surface area contributed by atoms with Gasteiger partial charge in [0.25, 0.3) is 0 Å². The first-order valence-electron chi connectivity index (χ1n) is 7.20. The fourth-order valence-electron chi connectivity index (χ4n) is 3.31. The summed E-state index contributed by atoms with van der Waals surface area (Å²) in [6, 6.07) is 0. The molecule has 4 heteroatoms. The molecule has 2 heterocycles. The van der Waals surface area contributed by atoms with E-state index in [0.717, 1.165) is 32.6 Å². The highest BCUT2D eigenvalue weighted by atomic mass is 16.2. The minimum absolute atomic E-state index is 0.192. The predicted octanol–water partition coefficient (Wildman–Crippen LogP) is 0.642. The van der Waals surface area contributed by atoms with E-state index in [1.165, 1.54) is 13.0 Å². The van der Waals surface area contributed by atoms with Crippen LogP contribution >= 0.6 is 0 Å². The summed E-state index contributed by atoms with van der Waals surface area (Å²) in [5.74, 6) is 1.82. The van der Waals surface area contributed by atoms with Gasteiger partial charge < -0.3 is 15.1 Å². The number of nitrogens with zero attached hydrogens (tertiary/aromatic N) is 2. The predicted molar refractivity (Wildman–Crippen MR) is 73.4 cm³/mol. The normalized spacial score (nSPS) is 33.6. The SMILES string of the molecule is CC1CNCC(C(=O)N(C)CC2CCN(C)C2)C1. The molecule has 3 unspecified atom stereocenters. The largest absolute Gasteiger partial charge is 0.345 e. The Morgan fingerprint density at radius 2 is 2.22 bits per heavy atom. The maximum absolute atomic E-state index is 12.4. The summed E-state index contributed by atoms with van der Waals surface area (Å²) < 4.78 is 0. The second-order valence-corrected chi connectivity index (χ2v) is 6.33. The zero-order valence-electron chi connectivity index (χ0n) is 12.0. The third kappa shape index (κ3) is 3.45. The van der Waals surface area contributed by atoms with Gasteiger partial charge in [-0.25, -0.2) is 0 Å². The number of hydrogen-bond acceptors (Lipinski definition) is 3. The van der Waals surface area contributed by atoms with Crippen molar-refractivity contribution in [1.29, 1.82) is 0 Å². The van der Waals surface area contributed by atoms with E-state index in [-0.39, 0.29) is 5.92 Å². The van der Waals surface area contributed by atoms with Crippen LogP contribution in [0.1, 0.15) is 19.8 Å². The Bertz CT molecular complexity index is 295. The van der Waals surface area contributed by atoms with Gasteiger partial charge in [0.2, 0.25) is 5.91 Å². The minimum Gasteiger partial charge on any atom is -0.345 e. The average molecular weight is 253 g/mol. The Labute approximate surface area is 111 Å². The summed E-state index contributed by atoms with van der Waals surface area (Å²) in [6.45, 7) is 7.37. The van der Waals surface area contributed by atoms with Crippen LogP contribution in [-0.4, -0.2) is 62.5 Å². The van der Waals surface area contributed by atoms with E-state index in [9.17, 15) is 4.79 Å². The number of amides is 1. The fourth-order valence-corrected chi connectivity index (χ4v) is 3.31. The van der Waals surface area contributed by atoms with Crippen LogP contribution < -0.4 is 5.32 Å². The summed E-state index contributed by atoms with van der Waals surface area (Å²) in [7, 11) is 4.13. The number of piperidine rings is 1. The number of hydrogen-bond donors (Lipinski definition) is 1. The van der Waals surface area contributed by atoms with Gasteiger partial charge in [0.1, 0.15) is 0 Å². The van der Waals surface area contributed by atoms with E-state index < -0.39 is 0 Å². The summed E-state index contributed by atoms with van der Waals surface area (Å²) in [4.78, 5) is 16.7. The van der Waals surface area contributed by atoms with Gasteiger partial charge in [-0.3, -0.25) is 4.79 Å². The molecule has 1 N–H and O–H groups in total. The molecule has 2 rings (SSSR count). The van der Waals surface area contributed by atoms with Crippen molar-refractivity contribution >= 4 is 5.91 Å². The lowest BCUT2D eigenvalue weighted by Gasteiger charge is -2.31. The van der Waals surface area contributed by atoms with Gasteiger partial charge in [-0.2, -0.15) is 0 Å². The Balaban J connectivity index is 1.80. The first kappa shape index (κ1) is 13.8. The maximum atomic E-state index is 12.4. The van der Waals surface area contributed by atoms with Crippen molar-refractivity contribution in [3.63, 3.8) is 0 Å². The third-order valence-electron chi connectivity index (χ3n) is 4.32. The molecule has 104 valence electrons. The number of likely N-dealkylation sites (tertiary alicyclic amines) is 1. The molecule has 0 aromatic heterocycles. The quantitative estimate of drug-likeness (QED) is 0.802. The van der Waals surface area contributed by atoms with E-state index in [4.69, 9.17) is 0 Å². The first-order chi connectivity index (χ1) is 8.56. The number of carbonyl (C=O) groups excluding carboxylic acids is 1. The summed E-state index contributed by atoms with van der Waals surface area (Å²) in [6.07, 6.45) is 2.27. The van der Waals surface area contributed by atoms with Gasteiger partial charge in [-0.1, -0.05) is 6.92 Å². The summed E-state index contributed by atoms with van der Waals surface area (Å²) in [5.41, 5.74) is 0. The topological polar surface area (TPSA) is 35.6 Å². The molecule has 2 aliphatic heterocycles. The highest BCUT2D eigenvalue weighted by Crippen LogP contribution is 2.20. The first-order valence-corrected chi connectivity index (χ1v) is 7.20. The highest BCUT2D eigenvalue weighted by molar-refractivity contribution is 5.79. The lowest BCUT2D eigenvalue weighted by Crippen LogP contribution is -2.45. The van der Waals surface area contributed by atoms with Gasteiger partial charge in [-0.15, -0.1) is 0 Å². The molecule has 2 aliphatic rings. The van der Waals surface area contributed by atoms with Crippen LogP contribution in [0.4, 0.5) is 0 Å². The van der Waals surface area contributed by atoms with Gasteiger partial charge in [-0.05, 0) is 44.8 Å². The molecule has 2 fully saturated rings. The van der Waals surface area contributed by atoms with E-state index in [1.807, 2.05) is 11.9 Å². The molecule has 2 saturated heterocycles. The van der Waals surface area contributed by atoms with Crippen LogP contribution in [-0.2, 0) is 4.79 Å². The lowest BCUT2D eigenvalue weighted by molar-refractivity contribution is -0.135. The molecule has 3 atom stereocenters. The zero-order valence-corrected chi connectivity index (χ0v) is 12.0. The molecule has 0 spiro atoms. The molecule has 0 aromatic carbocycles. The van der Waals surface area contributed by atoms with Crippen LogP contribution in [0.3, 0.4) is 0 Å². The van der Waals surface area contributed by atoms with Crippen LogP contribution in [0.2, 0.25) is 0 Å². The molecule has 4 nitrogen and oxygen atoms in total. The molecular formula is C14H27N3O. The van der Waals surface area contributed by atoms with Crippen molar-refractivity contribution in [2.75, 3.05) is 46.8 Å². The van der Waals surface area contributed by atoms with E-state index >= 15 is 0 Å². The standard InChI is InChI=1S/C14H27N3O/c1-11-6-13(8-15-7-11)14(18)17(3)10-12-4-5-16(2)9-12/h11-13,15H,4-10H2,1-3H3. The molecule has 18 heavy (non-hydrogen) atoms. The van der Waals surface area contributed by atoms with Crippen molar-refractivity contribution in [2.45, 2.75) is 19.8 Å². The van der Waals surface area contributed by atoms with Crippen molar-refractivity contribution in [3.8, 4) is 0 Å². The van der Waals surface area contributed by atoms with Crippen molar-refractivity contribution in [2.24, 2.45) is 17.8 Å². The van der Waals surface area contributed by atoms with Crippen molar-refractivity contribution < 1.29 is 4.79 Å². The van der Waals surface area contributed by atoms with E-state index in [0.29, 0.717) is 17.7 Å². The Kier molecular flexibility index (Phi) is 4.62. The second kappa shape index (κ2) is 6.02. The second-order valence-electron chi connectivity index (χ2n) is 6.33. The van der Waals surface area contributed by atoms with Gasteiger partial charge in [0.05, 0.1) is 5.92 Å². The fraction of sp³-hybridized carbons (Fsp3) is 0.929. The maximum Gasteiger partial charge on any atom is 0.226 e. The van der Waals surface area contributed by atoms with Crippen LogP contribution in [0.25, 0.3) is 0 Å². The molecule has 1 amide bonds.